The Labute approximate surface area is 142 Å². The van der Waals surface area contributed by atoms with E-state index in [0.717, 1.165) is 18.7 Å². The number of hydrogen-bond donors (Lipinski definition) is 0. The first-order valence-corrected chi connectivity index (χ1v) is 10.2. The molecule has 2 aliphatic rings. The number of carbonyl (C=O) groups excluding carboxylic acids is 1. The van der Waals surface area contributed by atoms with Crippen LogP contribution < -0.4 is 4.90 Å². The molecule has 0 radical (unpaired) electrons. The van der Waals surface area contributed by atoms with Crippen LogP contribution >= 0.6 is 0 Å². The largest absolute Gasteiger partial charge is 0.370 e. The van der Waals surface area contributed by atoms with Gasteiger partial charge in [0.15, 0.2) is 9.84 Å². The third-order valence-electron chi connectivity index (χ3n) is 4.83. The van der Waals surface area contributed by atoms with Crippen molar-refractivity contribution < 1.29 is 17.6 Å². The minimum absolute atomic E-state index is 0.0287. The maximum absolute atomic E-state index is 13.0. The predicted octanol–water partition coefficient (Wildman–Crippen LogP) is 1.69. The molecule has 5 nitrogen and oxygen atoms in total. The maximum Gasteiger partial charge on any atom is 0.222 e. The number of sulfone groups is 1. The summed E-state index contributed by atoms with van der Waals surface area (Å²) in [7, 11) is -2.94. The van der Waals surface area contributed by atoms with Crippen LogP contribution in [0.3, 0.4) is 0 Å². The van der Waals surface area contributed by atoms with Crippen molar-refractivity contribution in [1.82, 2.24) is 4.90 Å². The second-order valence-corrected chi connectivity index (χ2v) is 8.90. The molecule has 2 aliphatic heterocycles. The van der Waals surface area contributed by atoms with Gasteiger partial charge in [0.05, 0.1) is 11.5 Å². The molecule has 0 spiro atoms. The Bertz CT molecular complexity index is 690. The van der Waals surface area contributed by atoms with E-state index in [0.29, 0.717) is 32.5 Å². The van der Waals surface area contributed by atoms with Gasteiger partial charge in [-0.05, 0) is 43.0 Å². The average molecular weight is 354 g/mol. The van der Waals surface area contributed by atoms with Gasteiger partial charge in [-0.3, -0.25) is 4.79 Å². The normalized spacial score (nSPS) is 24.0. The van der Waals surface area contributed by atoms with Crippen molar-refractivity contribution in [1.29, 1.82) is 0 Å². The van der Waals surface area contributed by atoms with E-state index in [-0.39, 0.29) is 29.1 Å². The van der Waals surface area contributed by atoms with Gasteiger partial charge in [0.25, 0.3) is 0 Å². The number of benzene rings is 1. The molecule has 3 rings (SSSR count). The Hall–Kier alpha value is -1.63. The summed E-state index contributed by atoms with van der Waals surface area (Å²) < 4.78 is 36.1. The van der Waals surface area contributed by atoms with Gasteiger partial charge in [0.1, 0.15) is 5.82 Å². The van der Waals surface area contributed by atoms with Gasteiger partial charge in [-0.25, -0.2) is 12.8 Å². The van der Waals surface area contributed by atoms with Crippen LogP contribution in [0.15, 0.2) is 24.3 Å². The lowest BCUT2D eigenvalue weighted by atomic mass is 10.0. The molecule has 2 saturated heterocycles. The summed E-state index contributed by atoms with van der Waals surface area (Å²) >= 11 is 0. The molecule has 0 bridgehead atoms. The predicted molar refractivity (Wildman–Crippen MR) is 91.2 cm³/mol. The van der Waals surface area contributed by atoms with E-state index >= 15 is 0 Å². The molecule has 1 aromatic carbocycles. The molecule has 0 N–H and O–H groups in total. The van der Waals surface area contributed by atoms with Crippen LogP contribution in [0.2, 0.25) is 0 Å². The lowest BCUT2D eigenvalue weighted by Gasteiger charge is -2.24. The zero-order valence-corrected chi connectivity index (χ0v) is 14.5. The van der Waals surface area contributed by atoms with E-state index in [1.807, 2.05) is 4.90 Å². The van der Waals surface area contributed by atoms with E-state index < -0.39 is 9.84 Å². The van der Waals surface area contributed by atoms with Gasteiger partial charge < -0.3 is 9.80 Å². The fourth-order valence-corrected chi connectivity index (χ4v) is 5.35. The van der Waals surface area contributed by atoms with Crippen LogP contribution in [0.4, 0.5) is 10.1 Å². The van der Waals surface area contributed by atoms with E-state index in [1.54, 1.807) is 12.1 Å². The summed E-state index contributed by atoms with van der Waals surface area (Å²) in [6.45, 7) is 2.85. The molecule has 1 amide bonds. The van der Waals surface area contributed by atoms with Crippen LogP contribution in [-0.4, -0.2) is 56.9 Å². The maximum atomic E-state index is 13.0. The van der Waals surface area contributed by atoms with Crippen LogP contribution in [-0.2, 0) is 14.6 Å². The molecule has 0 aliphatic carbocycles. The molecular weight excluding hydrogens is 331 g/mol. The number of carbonyl (C=O) groups is 1. The first kappa shape index (κ1) is 17.2. The second kappa shape index (κ2) is 7.09. The fraction of sp³-hybridized carbons (Fsp3) is 0.588. The van der Waals surface area contributed by atoms with E-state index in [4.69, 9.17) is 0 Å². The molecule has 1 unspecified atom stereocenters. The van der Waals surface area contributed by atoms with Crippen molar-refractivity contribution in [3.63, 3.8) is 0 Å². The zero-order valence-electron chi connectivity index (χ0n) is 13.7. The van der Waals surface area contributed by atoms with Gasteiger partial charge in [0, 0.05) is 38.3 Å². The molecule has 2 heterocycles. The fourth-order valence-electron chi connectivity index (χ4n) is 3.49. The van der Waals surface area contributed by atoms with Gasteiger partial charge in [-0.2, -0.15) is 0 Å². The van der Waals surface area contributed by atoms with E-state index in [9.17, 15) is 17.6 Å². The molecule has 1 aromatic rings. The number of rotatable bonds is 3. The SMILES string of the molecule is O=C(CC1CCS(=O)(=O)C1)N1CCCN(c2ccc(F)cc2)CC1. The number of hydrogen-bond acceptors (Lipinski definition) is 4. The number of halogens is 1. The quantitative estimate of drug-likeness (QED) is 0.829. The van der Waals surface area contributed by atoms with Crippen LogP contribution in [0, 0.1) is 11.7 Å². The van der Waals surface area contributed by atoms with Crippen LogP contribution in [0.5, 0.6) is 0 Å². The number of anilines is 1. The van der Waals surface area contributed by atoms with Crippen molar-refractivity contribution in [2.45, 2.75) is 19.3 Å². The Morgan fingerprint density at radius 1 is 1.12 bits per heavy atom. The summed E-state index contributed by atoms with van der Waals surface area (Å²) in [6, 6.07) is 6.42. The minimum atomic E-state index is -2.94. The highest BCUT2D eigenvalue weighted by molar-refractivity contribution is 7.91. The van der Waals surface area contributed by atoms with Gasteiger partial charge in [-0.1, -0.05) is 0 Å². The van der Waals surface area contributed by atoms with E-state index in [2.05, 4.69) is 4.90 Å². The average Bonchev–Trinajstić information content (AvgIpc) is 2.75. The Balaban J connectivity index is 1.55. The standard InChI is InChI=1S/C17H23FN2O3S/c18-15-2-4-16(5-3-15)19-7-1-8-20(10-9-19)17(21)12-14-6-11-24(22,23)13-14/h2-5,14H,1,6-13H2. The molecule has 24 heavy (non-hydrogen) atoms. The molecule has 0 saturated carbocycles. The van der Waals surface area contributed by atoms with Crippen molar-refractivity contribution in [3.8, 4) is 0 Å². The van der Waals surface area contributed by atoms with Crippen molar-refractivity contribution in [2.24, 2.45) is 5.92 Å². The molecule has 7 heteroatoms. The van der Waals surface area contributed by atoms with Gasteiger partial charge in [-0.15, -0.1) is 0 Å². The third-order valence-corrected chi connectivity index (χ3v) is 6.67. The summed E-state index contributed by atoms with van der Waals surface area (Å²) in [5.74, 6) is 0.131. The topological polar surface area (TPSA) is 57.7 Å². The van der Waals surface area contributed by atoms with Crippen molar-refractivity contribution >= 4 is 21.4 Å². The van der Waals surface area contributed by atoms with Crippen LogP contribution in [0.1, 0.15) is 19.3 Å². The Kier molecular flexibility index (Phi) is 5.08. The van der Waals surface area contributed by atoms with Crippen molar-refractivity contribution in [3.05, 3.63) is 30.1 Å². The Morgan fingerprint density at radius 2 is 1.88 bits per heavy atom. The first-order valence-electron chi connectivity index (χ1n) is 8.42. The second-order valence-electron chi connectivity index (χ2n) is 6.67. The Morgan fingerprint density at radius 3 is 2.54 bits per heavy atom. The summed E-state index contributed by atoms with van der Waals surface area (Å²) in [4.78, 5) is 16.5. The summed E-state index contributed by atoms with van der Waals surface area (Å²) in [6.07, 6.45) is 1.78. The molecule has 1 atom stereocenters. The minimum Gasteiger partial charge on any atom is -0.370 e. The third kappa shape index (κ3) is 4.26. The first-order chi connectivity index (χ1) is 11.4. The lowest BCUT2D eigenvalue weighted by Crippen LogP contribution is -2.36. The van der Waals surface area contributed by atoms with Crippen molar-refractivity contribution in [2.75, 3.05) is 42.6 Å². The smallest absolute Gasteiger partial charge is 0.222 e. The zero-order chi connectivity index (χ0) is 17.2. The highest BCUT2D eigenvalue weighted by Gasteiger charge is 2.31. The molecular formula is C17H23FN2O3S. The number of nitrogens with zero attached hydrogens (tertiary/aromatic N) is 2. The lowest BCUT2D eigenvalue weighted by molar-refractivity contribution is -0.131. The number of amides is 1. The summed E-state index contributed by atoms with van der Waals surface area (Å²) in [5, 5.41) is 0. The van der Waals surface area contributed by atoms with E-state index in [1.165, 1.54) is 12.1 Å². The highest BCUT2D eigenvalue weighted by atomic mass is 32.2. The summed E-state index contributed by atoms with van der Waals surface area (Å²) in [5.41, 5.74) is 0.965. The molecule has 2 fully saturated rings. The van der Waals surface area contributed by atoms with Gasteiger partial charge >= 0.3 is 0 Å². The highest BCUT2D eigenvalue weighted by Crippen LogP contribution is 2.23. The van der Waals surface area contributed by atoms with Crippen LogP contribution in [0.25, 0.3) is 0 Å². The molecule has 0 aromatic heterocycles. The van der Waals surface area contributed by atoms with Gasteiger partial charge in [0.2, 0.25) is 5.91 Å². The monoisotopic (exact) mass is 354 g/mol. The molecule has 132 valence electrons.